The number of aliphatic hydroxyl groups excluding tert-OH is 2. The molecule has 4 aliphatic rings. The first-order chi connectivity index (χ1) is 36.5. The lowest BCUT2D eigenvalue weighted by molar-refractivity contribution is -0.384. The van der Waals surface area contributed by atoms with Crippen LogP contribution in [0.4, 0.5) is 20.6 Å². The second kappa shape index (κ2) is 25.6. The number of hydrogen-bond acceptors (Lipinski definition) is 13. The summed E-state index contributed by atoms with van der Waals surface area (Å²) in [4.78, 5) is 48.1. The van der Waals surface area contributed by atoms with Crippen LogP contribution in [0.25, 0.3) is 0 Å². The molecule has 6 unspecified atom stereocenters. The van der Waals surface area contributed by atoms with Crippen LogP contribution in [0.15, 0.2) is 114 Å². The van der Waals surface area contributed by atoms with Crippen molar-refractivity contribution >= 4 is 29.1 Å². The van der Waals surface area contributed by atoms with Gasteiger partial charge in [0.15, 0.2) is 0 Å². The molecule has 0 spiro atoms. The number of benzene rings is 4. The van der Waals surface area contributed by atoms with Gasteiger partial charge in [0.25, 0.3) is 5.69 Å². The zero-order chi connectivity index (χ0) is 52.9. The highest BCUT2D eigenvalue weighted by molar-refractivity contribution is 6.03. The molecule has 75 heavy (non-hydrogen) atoms. The Kier molecular flexibility index (Phi) is 18.6. The number of halogens is 1. The van der Waals surface area contributed by atoms with Crippen LogP contribution in [-0.4, -0.2) is 83.6 Å². The van der Waals surface area contributed by atoms with Crippen molar-refractivity contribution in [1.29, 1.82) is 0 Å². The Morgan fingerprint density at radius 1 is 0.920 bits per heavy atom. The van der Waals surface area contributed by atoms with Gasteiger partial charge < -0.3 is 43.6 Å². The molecule has 0 aromatic heterocycles. The van der Waals surface area contributed by atoms with Crippen LogP contribution in [0, 0.1) is 39.6 Å². The molecular weight excluding hydrogens is 964 g/mol. The number of carbonyl (C=O) groups excluding carboxylic acids is 2. The summed E-state index contributed by atoms with van der Waals surface area (Å²) >= 11 is 0. The topological polar surface area (TPSA) is 201 Å². The Bertz CT molecular complexity index is 2670. The molecule has 1 heterocycles. The van der Waals surface area contributed by atoms with Gasteiger partial charge in [-0.1, -0.05) is 68.0 Å². The van der Waals surface area contributed by atoms with E-state index in [0.29, 0.717) is 90.6 Å². The highest BCUT2D eigenvalue weighted by Gasteiger charge is 2.65. The number of non-ortho nitro benzene ring substituents is 1. The van der Waals surface area contributed by atoms with Gasteiger partial charge in [0.2, 0.25) is 11.7 Å². The SMILES string of the molecule is C=CCOC12Oc3ccc(OC(=O)Nc4ccc(OC)cc4OC)cc3C3C(CCCCO)C(CCCCO)C=C(C(=NOCc4ccc([N+](=O)[O-])cc4)CC1N(Cc1ccc(F)cc1)C(=O)CCC1CCCC1)C32. The first kappa shape index (κ1) is 54.4. The molecule has 3 aliphatic carbocycles. The summed E-state index contributed by atoms with van der Waals surface area (Å²) in [5.41, 5.74) is 3.74. The largest absolute Gasteiger partial charge is 0.497 e. The van der Waals surface area contributed by atoms with Gasteiger partial charge in [-0.2, -0.15) is 0 Å². The zero-order valence-electron chi connectivity index (χ0n) is 42.8. The van der Waals surface area contributed by atoms with Crippen LogP contribution in [0.1, 0.15) is 106 Å². The lowest BCUT2D eigenvalue weighted by Gasteiger charge is -2.60. The third-order valence-electron chi connectivity index (χ3n) is 15.3. The van der Waals surface area contributed by atoms with E-state index in [0.717, 1.165) is 36.8 Å². The van der Waals surface area contributed by atoms with E-state index >= 15 is 4.79 Å². The minimum Gasteiger partial charge on any atom is -0.497 e. The summed E-state index contributed by atoms with van der Waals surface area (Å²) in [5, 5.41) is 39.3. The number of nitrogens with zero attached hydrogens (tertiary/aromatic N) is 3. The molecule has 0 saturated heterocycles. The molecular formula is C58H69FN4O12. The number of carbonyl (C=O) groups is 2. The Balaban J connectivity index is 1.29. The van der Waals surface area contributed by atoms with E-state index in [1.54, 1.807) is 60.7 Å². The average Bonchev–Trinajstić information content (AvgIpc) is 3.96. The van der Waals surface area contributed by atoms with Gasteiger partial charge in [-0.05, 0) is 121 Å². The molecule has 0 radical (unpaired) electrons. The Hall–Kier alpha value is -6.82. The smallest absolute Gasteiger partial charge is 0.417 e. The quantitative estimate of drug-likeness (QED) is 0.0246. The first-order valence-corrected chi connectivity index (χ1v) is 26.2. The van der Waals surface area contributed by atoms with Crippen LogP contribution in [0.2, 0.25) is 0 Å². The number of nitro benzene ring substituents is 1. The molecule has 4 aromatic rings. The number of fused-ring (bicyclic) bond motifs is 2. The number of allylic oxidation sites excluding steroid dienone is 1. The lowest BCUT2D eigenvalue weighted by Crippen LogP contribution is -2.70. The maximum Gasteiger partial charge on any atom is 0.417 e. The van der Waals surface area contributed by atoms with Gasteiger partial charge in [0.05, 0.1) is 43.1 Å². The normalized spacial score (nSPS) is 22.2. The number of rotatable bonds is 25. The number of hydrogen-bond donors (Lipinski definition) is 3. The van der Waals surface area contributed by atoms with Crippen LogP contribution in [0.5, 0.6) is 23.0 Å². The highest BCUT2D eigenvalue weighted by atomic mass is 19.1. The molecule has 2 saturated carbocycles. The third-order valence-corrected chi connectivity index (χ3v) is 15.3. The van der Waals surface area contributed by atoms with E-state index < -0.39 is 40.5 Å². The highest BCUT2D eigenvalue weighted by Crippen LogP contribution is 2.62. The van der Waals surface area contributed by atoms with Gasteiger partial charge in [0, 0.05) is 62.3 Å². The predicted molar refractivity (Wildman–Crippen MR) is 280 cm³/mol. The Morgan fingerprint density at radius 2 is 1.64 bits per heavy atom. The fourth-order valence-corrected chi connectivity index (χ4v) is 11.7. The molecule has 6 atom stereocenters. The Labute approximate surface area is 437 Å². The summed E-state index contributed by atoms with van der Waals surface area (Å²) < 4.78 is 46.1. The van der Waals surface area contributed by atoms with Gasteiger partial charge in [-0.3, -0.25) is 20.2 Å². The van der Waals surface area contributed by atoms with Crippen molar-refractivity contribution in [1.82, 2.24) is 4.90 Å². The molecule has 2 amide bonds. The van der Waals surface area contributed by atoms with Gasteiger partial charge in [0.1, 0.15) is 41.5 Å². The van der Waals surface area contributed by atoms with E-state index in [2.05, 4.69) is 18.0 Å². The minimum atomic E-state index is -1.59. The van der Waals surface area contributed by atoms with E-state index in [-0.39, 0.29) is 75.0 Å². The molecule has 4 aromatic carbocycles. The van der Waals surface area contributed by atoms with Crippen molar-refractivity contribution in [3.05, 3.63) is 142 Å². The average molecular weight is 1030 g/mol. The fourth-order valence-electron chi connectivity index (χ4n) is 11.7. The summed E-state index contributed by atoms with van der Waals surface area (Å²) in [6.07, 6.45) is 12.5. The van der Waals surface area contributed by atoms with Gasteiger partial charge in [-0.25, -0.2) is 9.18 Å². The number of methoxy groups -OCH3 is 2. The first-order valence-electron chi connectivity index (χ1n) is 26.2. The molecule has 400 valence electrons. The van der Waals surface area contributed by atoms with E-state index in [9.17, 15) is 29.5 Å². The van der Waals surface area contributed by atoms with Crippen LogP contribution in [-0.2, 0) is 27.5 Å². The molecule has 16 nitrogen and oxygen atoms in total. The number of aliphatic hydroxyl groups is 2. The summed E-state index contributed by atoms with van der Waals surface area (Å²) in [6.45, 7) is 4.20. The third kappa shape index (κ3) is 12.8. The molecule has 3 N–H and O–H groups in total. The van der Waals surface area contributed by atoms with Crippen molar-refractivity contribution in [2.75, 3.05) is 39.4 Å². The monoisotopic (exact) mass is 1030 g/mol. The summed E-state index contributed by atoms with van der Waals surface area (Å²) in [5.74, 6) is -1.43. The Morgan fingerprint density at radius 3 is 2.33 bits per heavy atom. The summed E-state index contributed by atoms with van der Waals surface area (Å²) in [6, 6.07) is 21.6. The lowest BCUT2D eigenvalue weighted by atomic mass is 9.55. The number of anilines is 1. The fraction of sp³-hybridized carbons (Fsp3) is 0.466. The molecule has 8 rings (SSSR count). The van der Waals surface area contributed by atoms with Gasteiger partial charge in [-0.15, -0.1) is 6.58 Å². The minimum absolute atomic E-state index is 0.00153. The van der Waals surface area contributed by atoms with Crippen molar-refractivity contribution in [3.63, 3.8) is 0 Å². The van der Waals surface area contributed by atoms with Crippen molar-refractivity contribution in [2.45, 2.75) is 114 Å². The number of nitrogens with one attached hydrogen (secondary N) is 1. The number of unbranched alkanes of at least 4 members (excludes halogenated alkanes) is 2. The number of ether oxygens (including phenoxy) is 5. The van der Waals surface area contributed by atoms with Crippen LogP contribution in [0.3, 0.4) is 0 Å². The standard InChI is InChI=1S/C58H69FN4O12/c1-4-31-72-58-53(62(36-39-15-20-42(59)21-16-39)54(66)28-19-38-11-5-6-12-38)35-50(61-73-37-40-17-22-43(23-18-40)63(68)69)47-32-41(13-7-9-29-64)46(14-8-10-30-65)55(56(47)58)48-33-45(25-27-51(48)75-58)74-57(67)60-49-26-24-44(70-2)34-52(49)71-3/h4,15-18,20-27,32-34,38,41,46,53,55-56,64-65H,1,5-14,19,28-31,35-37H2,2-3H3,(H,60,67). The number of nitro groups is 1. The number of oxime groups is 1. The molecule has 0 bridgehead atoms. The van der Waals surface area contributed by atoms with Gasteiger partial charge >= 0.3 is 6.09 Å². The predicted octanol–water partition coefficient (Wildman–Crippen LogP) is 11.2. The molecule has 17 heteroatoms. The van der Waals surface area contributed by atoms with Crippen molar-refractivity contribution in [3.8, 4) is 23.0 Å². The van der Waals surface area contributed by atoms with E-state index in [4.69, 9.17) is 33.7 Å². The maximum atomic E-state index is 15.3. The maximum absolute atomic E-state index is 15.3. The summed E-state index contributed by atoms with van der Waals surface area (Å²) in [7, 11) is 3.02. The second-order valence-corrected chi connectivity index (χ2v) is 19.9. The zero-order valence-corrected chi connectivity index (χ0v) is 42.8. The van der Waals surface area contributed by atoms with Crippen molar-refractivity contribution < 1.29 is 57.6 Å². The second-order valence-electron chi connectivity index (χ2n) is 19.9. The number of amides is 2. The van der Waals surface area contributed by atoms with E-state index in [1.165, 1.54) is 38.5 Å². The van der Waals surface area contributed by atoms with Crippen LogP contribution < -0.4 is 24.3 Å². The van der Waals surface area contributed by atoms with Crippen molar-refractivity contribution in [2.24, 2.45) is 28.8 Å². The van der Waals surface area contributed by atoms with Crippen LogP contribution >= 0.6 is 0 Å². The molecule has 2 fully saturated rings. The van der Waals surface area contributed by atoms with E-state index in [1.807, 2.05) is 11.0 Å². The molecule has 1 aliphatic heterocycles.